The second-order valence-electron chi connectivity index (χ2n) is 0.224. The fraction of sp³-hybridized carbons (Fsp3) is 0. The number of hydrogen-bond donors (Lipinski definition) is 0. The normalized spacial score (nSPS) is 7.20. The predicted octanol–water partition coefficient (Wildman–Crippen LogP) is -3.95. The van der Waals surface area contributed by atoms with E-state index in [1.165, 1.54) is 0 Å². The third kappa shape index (κ3) is 37.7. The first-order chi connectivity index (χ1) is 1.73. The molecule has 5 heavy (non-hydrogen) atoms. The Balaban J connectivity index is 0. The quantitative estimate of drug-likeness (QED) is 0.399. The van der Waals surface area contributed by atoms with Crippen molar-refractivity contribution in [2.45, 2.75) is 0 Å². The van der Waals surface area contributed by atoms with Gasteiger partial charge in [-0.2, -0.15) is 0 Å². The van der Waals surface area contributed by atoms with Gasteiger partial charge < -0.3 is 0 Å². The first-order valence-corrected chi connectivity index (χ1v) is 2.85. The molecule has 0 atom stereocenters. The molecule has 0 aliphatic carbocycles. The van der Waals surface area contributed by atoms with E-state index in [0.717, 1.165) is 0 Å². The molecule has 0 spiro atoms. The van der Waals surface area contributed by atoms with Crippen LogP contribution in [-0.2, 0) is 22.4 Å². The van der Waals surface area contributed by atoms with E-state index in [9.17, 15) is 0 Å². The first-order valence-electron chi connectivity index (χ1n) is 0.548. The van der Waals surface area contributed by atoms with Gasteiger partial charge in [-0.3, -0.25) is 0 Å². The molecule has 0 unspecified atom stereocenters. The van der Waals surface area contributed by atoms with E-state index in [2.05, 4.69) is 0 Å². The van der Waals surface area contributed by atoms with Crippen molar-refractivity contribution in [3.05, 3.63) is 0 Å². The van der Waals surface area contributed by atoms with Crippen LogP contribution in [0.1, 0.15) is 0 Å². The molecule has 5 heteroatoms. The minimum atomic E-state index is -3.94. The topological polar surface area (TPSA) is 69.2 Å². The summed E-state index contributed by atoms with van der Waals surface area (Å²) in [5.74, 6) is 0. The average molecular weight is 231 g/mol. The van der Waals surface area contributed by atoms with E-state index < -0.39 is 15.7 Å². The molecule has 0 saturated carbocycles. The van der Waals surface area contributed by atoms with E-state index in [1.807, 2.05) is 0 Å². The van der Waals surface area contributed by atoms with Crippen LogP contribution in [0, 0.1) is 0 Å². The number of rotatable bonds is 0. The van der Waals surface area contributed by atoms with Crippen molar-refractivity contribution >= 4 is 15.7 Å². The molecule has 0 fully saturated rings. The molecule has 0 aromatic rings. The van der Waals surface area contributed by atoms with E-state index >= 15 is 0 Å². The Kier molecular flexibility index (Phi) is 9.83. The Hall–Kier alpha value is 1.18. The van der Waals surface area contributed by atoms with Gasteiger partial charge in [-0.25, -0.2) is 0 Å². The Morgan fingerprint density at radius 3 is 1.00 bits per heavy atom. The second kappa shape index (κ2) is 5.18. The molecule has 0 rings (SSSR count). The summed E-state index contributed by atoms with van der Waals surface area (Å²) in [7, 11) is 0. The molecule has 0 heterocycles. The molecule has 34 valence electrons. The van der Waals surface area contributed by atoms with E-state index in [-0.39, 0.29) is 22.4 Å². The minimum absolute atomic E-state index is 0. The average Bonchev–Trinajstić information content (AvgIpc) is 0.811. The van der Waals surface area contributed by atoms with Gasteiger partial charge in [-0.1, -0.05) is 0 Å². The molecule has 0 aromatic heterocycles. The van der Waals surface area contributed by atoms with Gasteiger partial charge in [-0.15, -0.1) is 0 Å². The molecule has 3 nitrogen and oxygen atoms in total. The Morgan fingerprint density at radius 1 is 1.00 bits per heavy atom. The van der Waals surface area contributed by atoms with Crippen molar-refractivity contribution in [1.29, 1.82) is 0 Å². The monoisotopic (exact) mass is 230 g/mol. The second-order valence-corrected chi connectivity index (χ2v) is 1.16. The third-order valence-corrected chi connectivity index (χ3v) is 0. The zero-order chi connectivity index (χ0) is 3.58. The van der Waals surface area contributed by atoms with E-state index in [1.54, 1.807) is 0 Å². The van der Waals surface area contributed by atoms with Gasteiger partial charge in [0, 0.05) is 0 Å². The summed E-state index contributed by atoms with van der Waals surface area (Å²) >= 11 is -3.94. The van der Waals surface area contributed by atoms with Gasteiger partial charge in [0.25, 0.3) is 0 Å². The van der Waals surface area contributed by atoms with Crippen LogP contribution in [0.15, 0.2) is 0 Å². The van der Waals surface area contributed by atoms with Gasteiger partial charge in [0.15, 0.2) is 0 Å². The van der Waals surface area contributed by atoms with Gasteiger partial charge in [-0.05, 0) is 0 Å². The molecule has 0 radical (unpaired) electrons. The first kappa shape index (κ1) is 9.49. The Bertz CT molecular complexity index is 11.6. The van der Waals surface area contributed by atoms with Crippen LogP contribution in [0.25, 0.3) is 0 Å². The summed E-state index contributed by atoms with van der Waals surface area (Å²) in [4.78, 5) is 0. The summed E-state index contributed by atoms with van der Waals surface area (Å²) in [6.45, 7) is 0. The molecule has 0 N–H and O–H groups in total. The zero-order valence-electron chi connectivity index (χ0n) is 1.97. The summed E-state index contributed by atoms with van der Waals surface area (Å²) in [5, 5.41) is 0. The maximum atomic E-state index is 8.56. The van der Waals surface area contributed by atoms with Gasteiger partial charge in [0.05, 0.1) is 0 Å². The molecule has 0 amide bonds. The molecule has 0 saturated heterocycles. The molecule has 0 aliphatic rings. The third-order valence-electron chi connectivity index (χ3n) is 0. The molecular weight excluding hydrogens is 231 g/mol. The van der Waals surface area contributed by atoms with Crippen molar-refractivity contribution in [1.82, 2.24) is 0 Å². The summed E-state index contributed by atoms with van der Waals surface area (Å²) in [5.41, 5.74) is 0. The fourth-order valence-electron chi connectivity index (χ4n) is 0. The maximum absolute atomic E-state index is 8.56. The van der Waals surface area contributed by atoms with Crippen LogP contribution in [0.2, 0.25) is 0 Å². The molecular formula is AgAsO3. The van der Waals surface area contributed by atoms with Crippen LogP contribution >= 0.6 is 0 Å². The Morgan fingerprint density at radius 2 is 1.00 bits per heavy atom. The molecule has 0 aromatic carbocycles. The van der Waals surface area contributed by atoms with Crippen molar-refractivity contribution in [3.63, 3.8) is 0 Å². The Labute approximate surface area is 50.5 Å². The van der Waals surface area contributed by atoms with E-state index in [0.29, 0.717) is 0 Å². The predicted molar refractivity (Wildman–Crippen MR) is 5.75 cm³/mol. The number of hydrogen-bond acceptors (Lipinski definition) is 3. The summed E-state index contributed by atoms with van der Waals surface area (Å²) in [6, 6.07) is 0. The zero-order valence-corrected chi connectivity index (χ0v) is 5.33. The molecule has 0 bridgehead atoms. The van der Waals surface area contributed by atoms with Crippen molar-refractivity contribution in [3.8, 4) is 0 Å². The molecule has 0 aliphatic heterocycles. The van der Waals surface area contributed by atoms with Gasteiger partial charge >= 0.3 is 50.3 Å². The standard InChI is InChI=1S/Ag.AsO3/c;2-1(3)4/q+3;-3. The van der Waals surface area contributed by atoms with Gasteiger partial charge in [0.2, 0.25) is 0 Å². The van der Waals surface area contributed by atoms with Crippen molar-refractivity contribution in [2.24, 2.45) is 0 Å². The van der Waals surface area contributed by atoms with Crippen LogP contribution < -0.4 is 12.3 Å². The van der Waals surface area contributed by atoms with Crippen LogP contribution in [-0.4, -0.2) is 15.7 Å². The van der Waals surface area contributed by atoms with Crippen molar-refractivity contribution in [2.75, 3.05) is 0 Å². The van der Waals surface area contributed by atoms with Crippen molar-refractivity contribution < 1.29 is 34.7 Å². The van der Waals surface area contributed by atoms with Crippen LogP contribution in [0.5, 0.6) is 0 Å². The SMILES string of the molecule is [Ag+3].[O-][As]([O-])[O-]. The fourth-order valence-corrected chi connectivity index (χ4v) is 0. The van der Waals surface area contributed by atoms with Crippen LogP contribution in [0.3, 0.4) is 0 Å². The van der Waals surface area contributed by atoms with Crippen LogP contribution in [0.4, 0.5) is 0 Å². The summed E-state index contributed by atoms with van der Waals surface area (Å²) < 4.78 is 25.7. The van der Waals surface area contributed by atoms with Gasteiger partial charge in [0.1, 0.15) is 0 Å². The van der Waals surface area contributed by atoms with E-state index in [4.69, 9.17) is 12.3 Å². The summed E-state index contributed by atoms with van der Waals surface area (Å²) in [6.07, 6.45) is 0.